The van der Waals surface area contributed by atoms with Gasteiger partial charge in [0.15, 0.2) is 0 Å². The molecule has 0 atom stereocenters. The first-order valence-corrected chi connectivity index (χ1v) is 9.83. The van der Waals surface area contributed by atoms with Crippen LogP contribution in [0.15, 0.2) is 61.2 Å². The molecule has 0 bridgehead atoms. The molecular weight excluding hydrogens is 352 g/mol. The predicted octanol–water partition coefficient (Wildman–Crippen LogP) is 2.96. The van der Waals surface area contributed by atoms with Gasteiger partial charge in [0.1, 0.15) is 18.9 Å². The van der Waals surface area contributed by atoms with Crippen molar-refractivity contribution >= 4 is 27.3 Å². The summed E-state index contributed by atoms with van der Waals surface area (Å²) in [4.78, 5) is 12.3. The summed E-state index contributed by atoms with van der Waals surface area (Å²) in [5, 5.41) is 2.70. The van der Waals surface area contributed by atoms with E-state index in [0.29, 0.717) is 23.7 Å². The summed E-state index contributed by atoms with van der Waals surface area (Å²) < 4.78 is 30.8. The van der Waals surface area contributed by atoms with E-state index in [1.54, 1.807) is 55.5 Å². The van der Waals surface area contributed by atoms with Gasteiger partial charge in [-0.05, 0) is 42.8 Å². The molecule has 1 amide bonds. The molecule has 0 aliphatic rings. The SMILES string of the molecule is C=CCOc1ccc(NC(=O)CN(c2ccccc2C)S(C)(=O)=O)cc1. The standard InChI is InChI=1S/C19H22N2O4S/c1-4-13-25-17-11-9-16(10-12-17)20-19(22)14-21(26(3,23)24)18-8-6-5-7-15(18)2/h4-12H,1,13-14H2,2-3H3,(H,20,22). The Hall–Kier alpha value is -2.80. The minimum Gasteiger partial charge on any atom is -0.490 e. The molecule has 2 rings (SSSR count). The first-order chi connectivity index (χ1) is 12.3. The lowest BCUT2D eigenvalue weighted by Gasteiger charge is -2.23. The Morgan fingerprint density at radius 1 is 1.19 bits per heavy atom. The fourth-order valence-corrected chi connectivity index (χ4v) is 3.26. The van der Waals surface area contributed by atoms with Crippen molar-refractivity contribution in [1.29, 1.82) is 0 Å². The zero-order chi connectivity index (χ0) is 19.2. The minimum absolute atomic E-state index is 0.307. The van der Waals surface area contributed by atoms with Crippen LogP contribution in [0.25, 0.3) is 0 Å². The minimum atomic E-state index is -3.60. The van der Waals surface area contributed by atoms with Gasteiger partial charge in [0.2, 0.25) is 15.9 Å². The third kappa shape index (κ3) is 5.35. The monoisotopic (exact) mass is 374 g/mol. The summed E-state index contributed by atoms with van der Waals surface area (Å²) in [5.41, 5.74) is 1.81. The van der Waals surface area contributed by atoms with Crippen molar-refractivity contribution in [3.8, 4) is 5.75 Å². The molecule has 0 unspecified atom stereocenters. The van der Waals surface area contributed by atoms with Gasteiger partial charge in [-0.25, -0.2) is 8.42 Å². The van der Waals surface area contributed by atoms with Crippen LogP contribution >= 0.6 is 0 Å². The Bertz CT molecular complexity index is 877. The second kappa shape index (κ2) is 8.53. The van der Waals surface area contributed by atoms with Gasteiger partial charge >= 0.3 is 0 Å². The van der Waals surface area contributed by atoms with Crippen LogP contribution in [-0.2, 0) is 14.8 Å². The van der Waals surface area contributed by atoms with Crippen molar-refractivity contribution in [2.75, 3.05) is 29.0 Å². The number of ether oxygens (including phenoxy) is 1. The lowest BCUT2D eigenvalue weighted by molar-refractivity contribution is -0.114. The van der Waals surface area contributed by atoms with E-state index in [4.69, 9.17) is 4.74 Å². The highest BCUT2D eigenvalue weighted by molar-refractivity contribution is 7.92. The molecule has 2 aromatic rings. The van der Waals surface area contributed by atoms with Gasteiger partial charge in [-0.3, -0.25) is 9.10 Å². The summed E-state index contributed by atoms with van der Waals surface area (Å²) in [6, 6.07) is 13.8. The van der Waals surface area contributed by atoms with Gasteiger partial charge in [-0.1, -0.05) is 30.9 Å². The molecule has 0 radical (unpaired) electrons. The number of benzene rings is 2. The number of sulfonamides is 1. The number of amides is 1. The van der Waals surface area contributed by atoms with Gasteiger partial charge in [0.25, 0.3) is 0 Å². The van der Waals surface area contributed by atoms with E-state index in [1.807, 2.05) is 6.07 Å². The summed E-state index contributed by atoms with van der Waals surface area (Å²) in [5.74, 6) is 0.221. The van der Waals surface area contributed by atoms with E-state index in [9.17, 15) is 13.2 Å². The van der Waals surface area contributed by atoms with E-state index in [1.165, 1.54) is 0 Å². The average molecular weight is 374 g/mol. The van der Waals surface area contributed by atoms with Crippen LogP contribution in [0, 0.1) is 6.92 Å². The number of carbonyl (C=O) groups excluding carboxylic acids is 1. The molecule has 0 spiro atoms. The Labute approximate surface area is 154 Å². The van der Waals surface area contributed by atoms with Gasteiger partial charge in [-0.2, -0.15) is 0 Å². The van der Waals surface area contributed by atoms with Gasteiger partial charge in [0.05, 0.1) is 11.9 Å². The second-order valence-electron chi connectivity index (χ2n) is 5.73. The highest BCUT2D eigenvalue weighted by Crippen LogP contribution is 2.22. The van der Waals surface area contributed by atoms with Crippen LogP contribution in [0.2, 0.25) is 0 Å². The topological polar surface area (TPSA) is 75.7 Å². The Balaban J connectivity index is 2.11. The summed E-state index contributed by atoms with van der Waals surface area (Å²) in [7, 11) is -3.60. The number of rotatable bonds is 8. The fourth-order valence-electron chi connectivity index (χ4n) is 2.34. The highest BCUT2D eigenvalue weighted by Gasteiger charge is 2.22. The summed E-state index contributed by atoms with van der Waals surface area (Å²) >= 11 is 0. The number of para-hydroxylation sites is 1. The molecule has 0 heterocycles. The molecular formula is C19H22N2O4S. The third-order valence-corrected chi connectivity index (χ3v) is 4.70. The molecule has 138 valence electrons. The number of hydrogen-bond donors (Lipinski definition) is 1. The maximum Gasteiger partial charge on any atom is 0.245 e. The van der Waals surface area contributed by atoms with Gasteiger partial charge in [-0.15, -0.1) is 0 Å². The smallest absolute Gasteiger partial charge is 0.245 e. The number of anilines is 2. The molecule has 0 saturated heterocycles. The average Bonchev–Trinajstić information content (AvgIpc) is 2.59. The van der Waals surface area contributed by atoms with Crippen molar-refractivity contribution in [3.05, 3.63) is 66.7 Å². The van der Waals surface area contributed by atoms with E-state index in [2.05, 4.69) is 11.9 Å². The van der Waals surface area contributed by atoms with Crippen LogP contribution in [0.4, 0.5) is 11.4 Å². The molecule has 0 aliphatic carbocycles. The molecule has 6 nitrogen and oxygen atoms in total. The molecule has 7 heteroatoms. The molecule has 2 aromatic carbocycles. The normalized spacial score (nSPS) is 10.8. The van der Waals surface area contributed by atoms with Gasteiger partial charge < -0.3 is 10.1 Å². The maximum absolute atomic E-state index is 12.3. The number of nitrogens with zero attached hydrogens (tertiary/aromatic N) is 1. The second-order valence-corrected chi connectivity index (χ2v) is 7.64. The largest absolute Gasteiger partial charge is 0.490 e. The Morgan fingerprint density at radius 3 is 2.42 bits per heavy atom. The predicted molar refractivity (Wildman–Crippen MR) is 104 cm³/mol. The van der Waals surface area contributed by atoms with Crippen molar-refractivity contribution < 1.29 is 17.9 Å². The van der Waals surface area contributed by atoms with Gasteiger partial charge in [0, 0.05) is 5.69 Å². The summed E-state index contributed by atoms with van der Waals surface area (Å²) in [6.45, 7) is 5.46. The number of aryl methyl sites for hydroxylation is 1. The lowest BCUT2D eigenvalue weighted by Crippen LogP contribution is -2.37. The van der Waals surface area contributed by atoms with Crippen LogP contribution in [0.3, 0.4) is 0 Å². The zero-order valence-electron chi connectivity index (χ0n) is 14.8. The van der Waals surface area contributed by atoms with E-state index in [-0.39, 0.29) is 6.54 Å². The van der Waals surface area contributed by atoms with Crippen LogP contribution < -0.4 is 14.4 Å². The van der Waals surface area contributed by atoms with Crippen molar-refractivity contribution in [3.63, 3.8) is 0 Å². The third-order valence-electron chi connectivity index (χ3n) is 3.58. The molecule has 0 fully saturated rings. The molecule has 0 aromatic heterocycles. The van der Waals surface area contributed by atoms with Crippen molar-refractivity contribution in [2.24, 2.45) is 0 Å². The van der Waals surface area contributed by atoms with E-state index < -0.39 is 15.9 Å². The van der Waals surface area contributed by atoms with Crippen LogP contribution in [0.1, 0.15) is 5.56 Å². The Kier molecular flexibility index (Phi) is 6.41. The molecule has 26 heavy (non-hydrogen) atoms. The van der Waals surface area contributed by atoms with Crippen LogP contribution in [0.5, 0.6) is 5.75 Å². The number of carbonyl (C=O) groups is 1. The number of hydrogen-bond acceptors (Lipinski definition) is 4. The lowest BCUT2D eigenvalue weighted by atomic mass is 10.2. The maximum atomic E-state index is 12.3. The quantitative estimate of drug-likeness (QED) is 0.721. The Morgan fingerprint density at radius 2 is 1.85 bits per heavy atom. The molecule has 0 saturated carbocycles. The summed E-state index contributed by atoms with van der Waals surface area (Å²) in [6.07, 6.45) is 2.72. The zero-order valence-corrected chi connectivity index (χ0v) is 15.6. The van der Waals surface area contributed by atoms with Crippen molar-refractivity contribution in [1.82, 2.24) is 0 Å². The highest BCUT2D eigenvalue weighted by atomic mass is 32.2. The van der Waals surface area contributed by atoms with E-state index in [0.717, 1.165) is 16.1 Å². The number of nitrogens with one attached hydrogen (secondary N) is 1. The van der Waals surface area contributed by atoms with E-state index >= 15 is 0 Å². The van der Waals surface area contributed by atoms with Crippen LogP contribution in [-0.4, -0.2) is 33.7 Å². The first kappa shape index (κ1) is 19.5. The first-order valence-electron chi connectivity index (χ1n) is 7.98. The van der Waals surface area contributed by atoms with Crippen molar-refractivity contribution in [2.45, 2.75) is 6.92 Å². The fraction of sp³-hybridized carbons (Fsp3) is 0.211. The molecule has 1 N–H and O–H groups in total. The molecule has 0 aliphatic heterocycles.